The molecule has 3 N–H and O–H groups in total. The largest absolute Gasteiger partial charge is 0.351 e. The molecule has 0 aliphatic rings. The third kappa shape index (κ3) is 4.58. The summed E-state index contributed by atoms with van der Waals surface area (Å²) in [5.41, 5.74) is 8.35. The Balaban J connectivity index is 0.00000242. The maximum absolute atomic E-state index is 12.2. The topological polar surface area (TPSA) is 55.1 Å². The lowest BCUT2D eigenvalue weighted by molar-refractivity contribution is 0.0945. The zero-order chi connectivity index (χ0) is 15.3. The van der Waals surface area contributed by atoms with Crippen molar-refractivity contribution in [2.75, 3.05) is 6.54 Å². The van der Waals surface area contributed by atoms with E-state index < -0.39 is 0 Å². The number of benzene rings is 2. The molecule has 0 spiro atoms. The summed E-state index contributed by atoms with van der Waals surface area (Å²) in [5, 5.41) is 3.00. The minimum Gasteiger partial charge on any atom is -0.351 e. The van der Waals surface area contributed by atoms with E-state index in [9.17, 15) is 4.79 Å². The van der Waals surface area contributed by atoms with Crippen LogP contribution < -0.4 is 11.1 Å². The second kappa shape index (κ2) is 7.97. The molecule has 2 aromatic rings. The van der Waals surface area contributed by atoms with Crippen molar-refractivity contribution in [3.05, 3.63) is 71.3 Å². The molecule has 1 amide bonds. The molecular weight excluding hydrogens is 296 g/mol. The van der Waals surface area contributed by atoms with Crippen molar-refractivity contribution in [1.82, 2.24) is 5.32 Å². The number of hydrogen-bond acceptors (Lipinski definition) is 2. The zero-order valence-electron chi connectivity index (χ0n) is 13.0. The molecule has 0 saturated carbocycles. The molecular formula is C18H23ClN2O. The Morgan fingerprint density at radius 1 is 1.05 bits per heavy atom. The van der Waals surface area contributed by atoms with Gasteiger partial charge in [0.2, 0.25) is 0 Å². The van der Waals surface area contributed by atoms with E-state index in [0.717, 1.165) is 5.56 Å². The zero-order valence-corrected chi connectivity index (χ0v) is 13.8. The Morgan fingerprint density at radius 3 is 2.18 bits per heavy atom. The fourth-order valence-corrected chi connectivity index (χ4v) is 2.19. The van der Waals surface area contributed by atoms with Crippen molar-refractivity contribution in [2.24, 2.45) is 5.73 Å². The number of amides is 1. The van der Waals surface area contributed by atoms with E-state index in [-0.39, 0.29) is 23.7 Å². The lowest BCUT2D eigenvalue weighted by Gasteiger charge is -2.25. The van der Waals surface area contributed by atoms with Gasteiger partial charge in [0, 0.05) is 24.1 Å². The van der Waals surface area contributed by atoms with Crippen LogP contribution in [0.5, 0.6) is 0 Å². The van der Waals surface area contributed by atoms with E-state index in [4.69, 9.17) is 5.73 Å². The first-order valence-corrected chi connectivity index (χ1v) is 7.16. The van der Waals surface area contributed by atoms with E-state index in [1.165, 1.54) is 5.56 Å². The maximum Gasteiger partial charge on any atom is 0.251 e. The highest BCUT2D eigenvalue weighted by atomic mass is 35.5. The van der Waals surface area contributed by atoms with Crippen LogP contribution in [0.25, 0.3) is 0 Å². The van der Waals surface area contributed by atoms with Gasteiger partial charge in [0.05, 0.1) is 0 Å². The summed E-state index contributed by atoms with van der Waals surface area (Å²) in [7, 11) is 0. The molecule has 2 rings (SSSR count). The lowest BCUT2D eigenvalue weighted by Crippen LogP contribution is -2.36. The summed E-state index contributed by atoms with van der Waals surface area (Å²) >= 11 is 0. The van der Waals surface area contributed by atoms with Gasteiger partial charge in [0.25, 0.3) is 5.91 Å². The van der Waals surface area contributed by atoms with Crippen molar-refractivity contribution < 1.29 is 4.79 Å². The van der Waals surface area contributed by atoms with Gasteiger partial charge >= 0.3 is 0 Å². The van der Waals surface area contributed by atoms with Crippen LogP contribution in [-0.2, 0) is 12.0 Å². The van der Waals surface area contributed by atoms with E-state index in [2.05, 4.69) is 31.3 Å². The summed E-state index contributed by atoms with van der Waals surface area (Å²) in [6.45, 7) is 5.33. The van der Waals surface area contributed by atoms with Crippen LogP contribution in [0, 0.1) is 0 Å². The molecule has 0 aliphatic heterocycles. The van der Waals surface area contributed by atoms with Gasteiger partial charge in [0.15, 0.2) is 0 Å². The maximum atomic E-state index is 12.2. The van der Waals surface area contributed by atoms with Gasteiger partial charge in [-0.05, 0) is 23.3 Å². The van der Waals surface area contributed by atoms with E-state index in [0.29, 0.717) is 18.7 Å². The van der Waals surface area contributed by atoms with Crippen molar-refractivity contribution in [1.29, 1.82) is 0 Å². The van der Waals surface area contributed by atoms with Gasteiger partial charge in [-0.25, -0.2) is 0 Å². The van der Waals surface area contributed by atoms with Crippen LogP contribution in [-0.4, -0.2) is 12.5 Å². The van der Waals surface area contributed by atoms with Crippen molar-refractivity contribution in [3.63, 3.8) is 0 Å². The molecule has 0 heterocycles. The molecule has 0 aliphatic carbocycles. The van der Waals surface area contributed by atoms with Crippen LogP contribution in [0.4, 0.5) is 0 Å². The predicted molar refractivity (Wildman–Crippen MR) is 93.4 cm³/mol. The smallest absolute Gasteiger partial charge is 0.251 e. The molecule has 0 bridgehead atoms. The molecule has 118 valence electrons. The van der Waals surface area contributed by atoms with Crippen LogP contribution >= 0.6 is 12.4 Å². The van der Waals surface area contributed by atoms with Gasteiger partial charge in [-0.2, -0.15) is 0 Å². The normalized spacial score (nSPS) is 10.7. The standard InChI is InChI=1S/C18H22N2O.ClH/c1-18(2,16-6-4-3-5-7-16)13-20-17(21)15-10-8-14(12-19)9-11-15;/h3-11H,12-13,19H2,1-2H3,(H,20,21);1H. The van der Waals surface area contributed by atoms with Gasteiger partial charge in [-0.15, -0.1) is 12.4 Å². The monoisotopic (exact) mass is 318 g/mol. The van der Waals surface area contributed by atoms with E-state index in [1.807, 2.05) is 42.5 Å². The molecule has 3 nitrogen and oxygen atoms in total. The highest BCUT2D eigenvalue weighted by molar-refractivity contribution is 5.94. The van der Waals surface area contributed by atoms with Crippen LogP contribution in [0.3, 0.4) is 0 Å². The fourth-order valence-electron chi connectivity index (χ4n) is 2.19. The SMILES string of the molecule is CC(C)(CNC(=O)c1ccc(CN)cc1)c1ccccc1.Cl. The molecule has 0 radical (unpaired) electrons. The molecule has 0 aromatic heterocycles. The second-order valence-corrected chi connectivity index (χ2v) is 5.83. The molecule has 0 fully saturated rings. The Hall–Kier alpha value is -1.84. The predicted octanol–water partition coefficient (Wildman–Crippen LogP) is 3.27. The first kappa shape index (κ1) is 18.2. The quantitative estimate of drug-likeness (QED) is 0.889. The van der Waals surface area contributed by atoms with Crippen LogP contribution in [0.2, 0.25) is 0 Å². The summed E-state index contributed by atoms with van der Waals surface area (Å²) < 4.78 is 0. The lowest BCUT2D eigenvalue weighted by atomic mass is 9.84. The van der Waals surface area contributed by atoms with Crippen LogP contribution in [0.15, 0.2) is 54.6 Å². The summed E-state index contributed by atoms with van der Waals surface area (Å²) in [6.07, 6.45) is 0. The van der Waals surface area contributed by atoms with Crippen molar-refractivity contribution >= 4 is 18.3 Å². The molecule has 4 heteroatoms. The first-order valence-electron chi connectivity index (χ1n) is 7.16. The average Bonchev–Trinajstić information content (AvgIpc) is 2.53. The minimum absolute atomic E-state index is 0. The first-order chi connectivity index (χ1) is 10.0. The Kier molecular flexibility index (Phi) is 6.60. The molecule has 0 unspecified atom stereocenters. The number of nitrogens with one attached hydrogen (secondary N) is 1. The average molecular weight is 319 g/mol. The summed E-state index contributed by atoms with van der Waals surface area (Å²) in [4.78, 5) is 12.2. The highest BCUT2D eigenvalue weighted by Gasteiger charge is 2.21. The van der Waals surface area contributed by atoms with Crippen molar-refractivity contribution in [2.45, 2.75) is 25.8 Å². The number of rotatable bonds is 5. The van der Waals surface area contributed by atoms with Gasteiger partial charge < -0.3 is 11.1 Å². The molecule has 0 saturated heterocycles. The Bertz CT molecular complexity index is 594. The van der Waals surface area contributed by atoms with Crippen LogP contribution in [0.1, 0.15) is 35.3 Å². The summed E-state index contributed by atoms with van der Waals surface area (Å²) in [5.74, 6) is -0.0532. The number of carbonyl (C=O) groups excluding carboxylic acids is 1. The number of nitrogens with two attached hydrogens (primary N) is 1. The Morgan fingerprint density at radius 2 is 1.64 bits per heavy atom. The minimum atomic E-state index is -0.103. The second-order valence-electron chi connectivity index (χ2n) is 5.83. The highest BCUT2D eigenvalue weighted by Crippen LogP contribution is 2.21. The molecule has 2 aromatic carbocycles. The van der Waals surface area contributed by atoms with Crippen molar-refractivity contribution in [3.8, 4) is 0 Å². The van der Waals surface area contributed by atoms with Gasteiger partial charge in [-0.3, -0.25) is 4.79 Å². The fraction of sp³-hybridized carbons (Fsp3) is 0.278. The summed E-state index contributed by atoms with van der Waals surface area (Å²) in [6, 6.07) is 17.6. The van der Waals surface area contributed by atoms with Gasteiger partial charge in [-0.1, -0.05) is 56.3 Å². The Labute approximate surface area is 138 Å². The molecule has 0 atom stereocenters. The van der Waals surface area contributed by atoms with Gasteiger partial charge in [0.1, 0.15) is 0 Å². The third-order valence-corrected chi connectivity index (χ3v) is 3.70. The van der Waals surface area contributed by atoms with E-state index >= 15 is 0 Å². The number of hydrogen-bond donors (Lipinski definition) is 2. The number of carbonyl (C=O) groups is 1. The molecule has 22 heavy (non-hydrogen) atoms. The number of halogens is 1. The third-order valence-electron chi connectivity index (χ3n) is 3.70. The van der Waals surface area contributed by atoms with E-state index in [1.54, 1.807) is 0 Å².